The van der Waals surface area contributed by atoms with E-state index in [4.69, 9.17) is 16.0 Å². The van der Waals surface area contributed by atoms with Crippen LogP contribution in [0.25, 0.3) is 28.7 Å². The fourth-order valence-corrected chi connectivity index (χ4v) is 3.42. The number of aryl methyl sites for hydroxylation is 1. The van der Waals surface area contributed by atoms with Crippen molar-refractivity contribution in [3.05, 3.63) is 81.4 Å². The van der Waals surface area contributed by atoms with E-state index in [0.717, 1.165) is 18.5 Å². The highest BCUT2D eigenvalue weighted by atomic mass is 35.5. The number of nitrogens with zero attached hydrogens (tertiary/aromatic N) is 4. The first-order chi connectivity index (χ1) is 14.5. The predicted molar refractivity (Wildman–Crippen MR) is 110 cm³/mol. The van der Waals surface area contributed by atoms with Crippen LogP contribution in [0.15, 0.2) is 57.9 Å². The van der Waals surface area contributed by atoms with Crippen molar-refractivity contribution in [3.8, 4) is 28.7 Å². The van der Waals surface area contributed by atoms with E-state index in [9.17, 15) is 9.18 Å². The van der Waals surface area contributed by atoms with Crippen molar-refractivity contribution in [2.45, 2.75) is 25.7 Å². The van der Waals surface area contributed by atoms with Crippen LogP contribution in [-0.4, -0.2) is 19.5 Å². The minimum atomic E-state index is -0.446. The lowest BCUT2D eigenvalue weighted by atomic mass is 10.2. The van der Waals surface area contributed by atoms with Crippen LogP contribution in [0.5, 0.6) is 0 Å². The van der Waals surface area contributed by atoms with Gasteiger partial charge in [-0.1, -0.05) is 11.6 Å². The van der Waals surface area contributed by atoms with Gasteiger partial charge in [-0.05, 0) is 56.2 Å². The number of aromatic nitrogens is 4. The van der Waals surface area contributed by atoms with Gasteiger partial charge in [-0.25, -0.2) is 18.7 Å². The molecule has 0 atom stereocenters. The monoisotopic (exact) mass is 422 g/mol. The van der Waals surface area contributed by atoms with E-state index in [1.807, 2.05) is 6.07 Å². The third-order valence-electron chi connectivity index (χ3n) is 4.90. The number of pyridine rings is 1. The third-order valence-corrected chi connectivity index (χ3v) is 5.15. The first-order valence-electron chi connectivity index (χ1n) is 9.49. The first-order valence-corrected chi connectivity index (χ1v) is 9.87. The van der Waals surface area contributed by atoms with E-state index in [-0.39, 0.29) is 17.4 Å². The number of halogens is 2. The summed E-state index contributed by atoms with van der Waals surface area (Å²) in [6.45, 7) is 1.68. The topological polar surface area (TPSA) is 73.8 Å². The smallest absolute Gasteiger partial charge is 0.353 e. The molecule has 1 fully saturated rings. The minimum absolute atomic E-state index is 0.107. The van der Waals surface area contributed by atoms with Gasteiger partial charge in [-0.15, -0.1) is 0 Å². The lowest BCUT2D eigenvalue weighted by molar-refractivity contribution is 0.580. The van der Waals surface area contributed by atoms with Crippen LogP contribution >= 0.6 is 11.6 Å². The van der Waals surface area contributed by atoms with Crippen molar-refractivity contribution in [2.75, 3.05) is 0 Å². The maximum atomic E-state index is 13.9. The fraction of sp³-hybridized carbons (Fsp3) is 0.182. The van der Waals surface area contributed by atoms with Gasteiger partial charge in [0.2, 0.25) is 5.89 Å². The lowest BCUT2D eigenvalue weighted by Gasteiger charge is -2.05. The standard InChI is InChI=1S/C22H16ClFN4O2/c1-12-10-16(24)11-18(25-12)21-27-20(19(30-21)14-4-6-15(23)7-5-14)28-9-8-17(13-2-3-13)26-22(28)29/h4-11,13H,2-3H2,1H3. The van der Waals surface area contributed by atoms with E-state index in [1.54, 1.807) is 37.4 Å². The molecule has 0 spiro atoms. The van der Waals surface area contributed by atoms with E-state index >= 15 is 0 Å². The van der Waals surface area contributed by atoms with Crippen molar-refractivity contribution in [1.29, 1.82) is 0 Å². The molecule has 0 unspecified atom stereocenters. The van der Waals surface area contributed by atoms with Gasteiger partial charge < -0.3 is 4.42 Å². The Kier molecular flexibility index (Phi) is 4.47. The van der Waals surface area contributed by atoms with E-state index in [0.29, 0.717) is 28.0 Å². The van der Waals surface area contributed by atoms with Gasteiger partial charge in [0.25, 0.3) is 0 Å². The van der Waals surface area contributed by atoms with Crippen LogP contribution < -0.4 is 5.69 Å². The Hall–Kier alpha value is -3.32. The van der Waals surface area contributed by atoms with Crippen LogP contribution in [0, 0.1) is 12.7 Å². The second-order valence-corrected chi connectivity index (χ2v) is 7.71. The second kappa shape index (κ2) is 7.18. The van der Waals surface area contributed by atoms with Gasteiger partial charge in [0.15, 0.2) is 11.6 Å². The van der Waals surface area contributed by atoms with Crippen molar-refractivity contribution in [2.24, 2.45) is 0 Å². The average molecular weight is 423 g/mol. The minimum Gasteiger partial charge on any atom is -0.432 e. The zero-order valence-electron chi connectivity index (χ0n) is 16.0. The predicted octanol–water partition coefficient (Wildman–Crippen LogP) is 4.93. The number of oxazole rings is 1. The Morgan fingerprint density at radius 2 is 1.87 bits per heavy atom. The van der Waals surface area contributed by atoms with Crippen molar-refractivity contribution < 1.29 is 8.81 Å². The summed E-state index contributed by atoms with van der Waals surface area (Å²) < 4.78 is 21.2. The first kappa shape index (κ1) is 18.7. The summed E-state index contributed by atoms with van der Waals surface area (Å²) in [7, 11) is 0. The van der Waals surface area contributed by atoms with Crippen LogP contribution in [0.2, 0.25) is 5.02 Å². The molecular weight excluding hydrogens is 407 g/mol. The van der Waals surface area contributed by atoms with Gasteiger partial charge in [-0.2, -0.15) is 9.97 Å². The van der Waals surface area contributed by atoms with Crippen LogP contribution in [0.1, 0.15) is 30.1 Å². The fourth-order valence-electron chi connectivity index (χ4n) is 3.29. The summed E-state index contributed by atoms with van der Waals surface area (Å²) in [6.07, 6.45) is 3.74. The lowest BCUT2D eigenvalue weighted by Crippen LogP contribution is -2.22. The molecule has 150 valence electrons. The summed E-state index contributed by atoms with van der Waals surface area (Å²) >= 11 is 6.01. The quantitative estimate of drug-likeness (QED) is 0.466. The second-order valence-electron chi connectivity index (χ2n) is 7.27. The number of hydrogen-bond acceptors (Lipinski definition) is 5. The SMILES string of the molecule is Cc1cc(F)cc(-c2nc(-n3ccc(C4CC4)nc3=O)c(-c3ccc(Cl)cc3)o2)n1. The molecule has 0 radical (unpaired) electrons. The van der Waals surface area contributed by atoms with E-state index in [2.05, 4.69) is 15.0 Å². The maximum Gasteiger partial charge on any atom is 0.353 e. The Morgan fingerprint density at radius 3 is 2.53 bits per heavy atom. The van der Waals surface area contributed by atoms with Gasteiger partial charge in [0.1, 0.15) is 11.5 Å². The molecule has 1 aliphatic carbocycles. The molecule has 1 aromatic carbocycles. The third kappa shape index (κ3) is 3.52. The zero-order valence-corrected chi connectivity index (χ0v) is 16.7. The molecule has 4 aromatic rings. The van der Waals surface area contributed by atoms with Crippen molar-refractivity contribution in [3.63, 3.8) is 0 Å². The Bertz CT molecular complexity index is 1290. The summed E-state index contributed by atoms with van der Waals surface area (Å²) in [4.78, 5) is 25.7. The maximum absolute atomic E-state index is 13.9. The zero-order chi connectivity index (χ0) is 20.8. The largest absolute Gasteiger partial charge is 0.432 e. The summed E-state index contributed by atoms with van der Waals surface area (Å²) in [5.74, 6) is 0.619. The summed E-state index contributed by atoms with van der Waals surface area (Å²) in [6, 6.07) is 11.3. The molecule has 8 heteroatoms. The summed E-state index contributed by atoms with van der Waals surface area (Å²) in [5.41, 5.74) is 1.74. The van der Waals surface area contributed by atoms with Crippen molar-refractivity contribution >= 4 is 11.6 Å². The highest BCUT2D eigenvalue weighted by molar-refractivity contribution is 6.30. The molecule has 3 aromatic heterocycles. The van der Waals surface area contributed by atoms with Gasteiger partial charge in [-0.3, -0.25) is 0 Å². The molecule has 0 aliphatic heterocycles. The molecule has 6 nitrogen and oxygen atoms in total. The van der Waals surface area contributed by atoms with Gasteiger partial charge in [0.05, 0.1) is 5.69 Å². The molecule has 30 heavy (non-hydrogen) atoms. The highest BCUT2D eigenvalue weighted by Crippen LogP contribution is 2.38. The molecule has 0 bridgehead atoms. The normalized spacial score (nSPS) is 13.6. The Balaban J connectivity index is 1.69. The van der Waals surface area contributed by atoms with Crippen LogP contribution in [-0.2, 0) is 0 Å². The summed E-state index contributed by atoms with van der Waals surface area (Å²) in [5, 5.41) is 0.565. The molecule has 0 amide bonds. The van der Waals surface area contributed by atoms with E-state index < -0.39 is 11.5 Å². The highest BCUT2D eigenvalue weighted by Gasteiger charge is 2.26. The molecule has 1 aliphatic rings. The molecule has 1 saturated carbocycles. The molecule has 5 rings (SSSR count). The Morgan fingerprint density at radius 1 is 1.10 bits per heavy atom. The van der Waals surface area contributed by atoms with E-state index in [1.165, 1.54) is 16.7 Å². The van der Waals surface area contributed by atoms with Crippen molar-refractivity contribution in [1.82, 2.24) is 19.5 Å². The van der Waals surface area contributed by atoms with Crippen LogP contribution in [0.4, 0.5) is 4.39 Å². The number of benzene rings is 1. The van der Waals surface area contributed by atoms with Gasteiger partial charge >= 0.3 is 5.69 Å². The molecule has 0 saturated heterocycles. The molecule has 0 N–H and O–H groups in total. The number of rotatable bonds is 4. The van der Waals surface area contributed by atoms with Crippen LogP contribution in [0.3, 0.4) is 0 Å². The average Bonchev–Trinajstić information content (AvgIpc) is 3.47. The molecular formula is C22H16ClFN4O2. The van der Waals surface area contributed by atoms with Gasteiger partial charge in [0, 0.05) is 34.5 Å². The number of hydrogen-bond donors (Lipinski definition) is 0. The molecule has 3 heterocycles. The Labute approximate surface area is 176 Å².